The van der Waals surface area contributed by atoms with Gasteiger partial charge in [-0.1, -0.05) is 76.6 Å². The Morgan fingerprint density at radius 1 is 0.868 bits per heavy atom. The second-order valence-electron chi connectivity index (χ2n) is 8.96. The molecule has 4 aromatic rings. The van der Waals surface area contributed by atoms with Gasteiger partial charge in [-0.05, 0) is 61.4 Å². The second kappa shape index (κ2) is 12.4. The van der Waals surface area contributed by atoms with Crippen molar-refractivity contribution in [3.8, 4) is 28.4 Å². The van der Waals surface area contributed by atoms with Crippen LogP contribution in [0, 0.1) is 0 Å². The Hall–Kier alpha value is -4.10. The first kappa shape index (κ1) is 26.9. The van der Waals surface area contributed by atoms with Gasteiger partial charge in [0.2, 0.25) is 0 Å². The number of ether oxygens (including phenoxy) is 2. The van der Waals surface area contributed by atoms with Crippen molar-refractivity contribution in [3.05, 3.63) is 113 Å². The Kier molecular flexibility index (Phi) is 8.81. The Balaban J connectivity index is 1.59. The first-order chi connectivity index (χ1) is 18.3. The summed E-state index contributed by atoms with van der Waals surface area (Å²) < 4.78 is 12.6. The maximum Gasteiger partial charge on any atom is 0.305 e. The average Bonchev–Trinajstić information content (AvgIpc) is 2.90. The van der Waals surface area contributed by atoms with E-state index in [2.05, 4.69) is 21.2 Å². The summed E-state index contributed by atoms with van der Waals surface area (Å²) in [5, 5.41) is 12.4. The highest BCUT2D eigenvalue weighted by molar-refractivity contribution is 9.10. The molecule has 194 valence electrons. The molecule has 1 unspecified atom stereocenters. The number of rotatable bonds is 10. The molecule has 0 saturated heterocycles. The van der Waals surface area contributed by atoms with E-state index in [9.17, 15) is 14.7 Å². The van der Waals surface area contributed by atoms with Gasteiger partial charge >= 0.3 is 5.97 Å². The fourth-order valence-electron chi connectivity index (χ4n) is 4.00. The van der Waals surface area contributed by atoms with Crippen LogP contribution in [-0.4, -0.2) is 23.1 Å². The van der Waals surface area contributed by atoms with Crippen LogP contribution < -0.4 is 14.8 Å². The topological polar surface area (TPSA) is 84.9 Å². The standard InChI is InChI=1S/C31H28BrNO5/c1-20(2)37-29-17-16-23(32)18-26(29)31(36)33-27(19-30(34)35)22-14-12-21(13-15-22)25-10-6-7-11-28(25)38-24-8-4-3-5-9-24/h3-18,20,27H,19H2,1-2H3,(H,33,36)(H,34,35). The number of carboxylic acid groups (broad SMARTS) is 1. The number of aliphatic carboxylic acids is 1. The van der Waals surface area contributed by atoms with Crippen LogP contribution in [0.2, 0.25) is 0 Å². The first-order valence-corrected chi connectivity index (χ1v) is 13.0. The first-order valence-electron chi connectivity index (χ1n) is 12.2. The molecular weight excluding hydrogens is 546 g/mol. The summed E-state index contributed by atoms with van der Waals surface area (Å²) in [4.78, 5) is 24.9. The Labute approximate surface area is 230 Å². The fourth-order valence-corrected chi connectivity index (χ4v) is 4.36. The molecule has 1 atom stereocenters. The van der Waals surface area contributed by atoms with E-state index in [4.69, 9.17) is 9.47 Å². The maximum absolute atomic E-state index is 13.2. The molecule has 6 nitrogen and oxygen atoms in total. The van der Waals surface area contributed by atoms with E-state index in [0.717, 1.165) is 16.9 Å². The fraction of sp³-hybridized carbons (Fsp3) is 0.161. The summed E-state index contributed by atoms with van der Waals surface area (Å²) in [6.45, 7) is 3.75. The summed E-state index contributed by atoms with van der Waals surface area (Å²) in [7, 11) is 0. The van der Waals surface area contributed by atoms with Crippen molar-refractivity contribution in [3.63, 3.8) is 0 Å². The lowest BCUT2D eigenvalue weighted by molar-refractivity contribution is -0.137. The number of benzene rings is 4. The Bertz CT molecular complexity index is 1400. The Morgan fingerprint density at radius 3 is 2.24 bits per heavy atom. The van der Waals surface area contributed by atoms with Crippen molar-refractivity contribution in [2.75, 3.05) is 0 Å². The minimum absolute atomic E-state index is 0.126. The molecule has 0 aromatic heterocycles. The van der Waals surface area contributed by atoms with Crippen LogP contribution in [0.3, 0.4) is 0 Å². The van der Waals surface area contributed by atoms with Crippen LogP contribution >= 0.6 is 15.9 Å². The van der Waals surface area contributed by atoms with Crippen molar-refractivity contribution in [2.24, 2.45) is 0 Å². The van der Waals surface area contributed by atoms with Crippen LogP contribution in [-0.2, 0) is 4.79 Å². The molecule has 0 radical (unpaired) electrons. The molecule has 1 amide bonds. The van der Waals surface area contributed by atoms with E-state index in [1.165, 1.54) is 0 Å². The molecule has 0 bridgehead atoms. The molecule has 0 aliphatic heterocycles. The predicted molar refractivity (Wildman–Crippen MR) is 151 cm³/mol. The molecule has 7 heteroatoms. The van der Waals surface area contributed by atoms with Gasteiger partial charge in [-0.2, -0.15) is 0 Å². The lowest BCUT2D eigenvalue weighted by Gasteiger charge is -2.20. The quantitative estimate of drug-likeness (QED) is 0.203. The summed E-state index contributed by atoms with van der Waals surface area (Å²) >= 11 is 3.40. The third-order valence-electron chi connectivity index (χ3n) is 5.72. The van der Waals surface area contributed by atoms with Gasteiger partial charge in [0.15, 0.2) is 0 Å². The van der Waals surface area contributed by atoms with Gasteiger partial charge in [0, 0.05) is 10.0 Å². The zero-order valence-corrected chi connectivity index (χ0v) is 22.6. The Morgan fingerprint density at radius 2 is 1.55 bits per heavy atom. The van der Waals surface area contributed by atoms with Crippen LogP contribution in [0.4, 0.5) is 0 Å². The molecule has 0 fully saturated rings. The molecule has 38 heavy (non-hydrogen) atoms. The molecule has 0 saturated carbocycles. The van der Waals surface area contributed by atoms with E-state index < -0.39 is 17.9 Å². The van der Waals surface area contributed by atoms with Gasteiger partial charge in [0.25, 0.3) is 5.91 Å². The van der Waals surface area contributed by atoms with Crippen molar-refractivity contribution >= 4 is 27.8 Å². The van der Waals surface area contributed by atoms with E-state index in [1.54, 1.807) is 18.2 Å². The third-order valence-corrected chi connectivity index (χ3v) is 6.21. The number of hydrogen-bond donors (Lipinski definition) is 2. The molecule has 0 aliphatic carbocycles. The van der Waals surface area contributed by atoms with Gasteiger partial charge in [-0.15, -0.1) is 0 Å². The molecule has 4 aromatic carbocycles. The highest BCUT2D eigenvalue weighted by atomic mass is 79.9. The number of amides is 1. The molecule has 4 rings (SSSR count). The van der Waals surface area contributed by atoms with Gasteiger partial charge in [0.05, 0.1) is 24.1 Å². The van der Waals surface area contributed by atoms with Crippen molar-refractivity contribution < 1.29 is 24.2 Å². The van der Waals surface area contributed by atoms with E-state index in [0.29, 0.717) is 27.1 Å². The molecular formula is C31H28BrNO5. The number of nitrogens with one attached hydrogen (secondary N) is 1. The number of carbonyl (C=O) groups excluding carboxylic acids is 1. The largest absolute Gasteiger partial charge is 0.490 e. The van der Waals surface area contributed by atoms with Crippen LogP contribution in [0.5, 0.6) is 17.2 Å². The molecule has 0 heterocycles. The number of halogens is 1. The van der Waals surface area contributed by atoms with Crippen LogP contribution in [0.25, 0.3) is 11.1 Å². The van der Waals surface area contributed by atoms with E-state index >= 15 is 0 Å². The normalized spacial score (nSPS) is 11.6. The van der Waals surface area contributed by atoms with Crippen LogP contribution in [0.15, 0.2) is 102 Å². The molecule has 2 N–H and O–H groups in total. The maximum atomic E-state index is 13.2. The van der Waals surface area contributed by atoms with Gasteiger partial charge in [-0.3, -0.25) is 9.59 Å². The predicted octanol–water partition coefficient (Wildman–Crippen LogP) is 7.64. The average molecular weight is 574 g/mol. The zero-order chi connectivity index (χ0) is 27.1. The van der Waals surface area contributed by atoms with Crippen LogP contribution in [0.1, 0.15) is 42.2 Å². The van der Waals surface area contributed by atoms with Crippen molar-refractivity contribution in [2.45, 2.75) is 32.4 Å². The number of carboxylic acids is 1. The zero-order valence-electron chi connectivity index (χ0n) is 21.1. The monoisotopic (exact) mass is 573 g/mol. The van der Waals surface area contributed by atoms with Gasteiger partial charge in [-0.25, -0.2) is 0 Å². The van der Waals surface area contributed by atoms with Crippen molar-refractivity contribution in [1.29, 1.82) is 0 Å². The van der Waals surface area contributed by atoms with Gasteiger partial charge in [0.1, 0.15) is 17.2 Å². The minimum Gasteiger partial charge on any atom is -0.490 e. The summed E-state index contributed by atoms with van der Waals surface area (Å²) in [6.07, 6.45) is -0.397. The van der Waals surface area contributed by atoms with Crippen molar-refractivity contribution in [1.82, 2.24) is 5.32 Å². The molecule has 0 spiro atoms. The summed E-state index contributed by atoms with van der Waals surface area (Å²) in [6, 6.07) is 29.1. The summed E-state index contributed by atoms with van der Waals surface area (Å²) in [5.41, 5.74) is 2.80. The smallest absolute Gasteiger partial charge is 0.305 e. The van der Waals surface area contributed by atoms with E-state index in [-0.39, 0.29) is 12.5 Å². The number of hydrogen-bond acceptors (Lipinski definition) is 4. The number of carbonyl (C=O) groups is 2. The highest BCUT2D eigenvalue weighted by Gasteiger charge is 2.22. The second-order valence-corrected chi connectivity index (χ2v) is 9.88. The molecule has 0 aliphatic rings. The highest BCUT2D eigenvalue weighted by Crippen LogP contribution is 2.34. The number of para-hydroxylation sites is 2. The van der Waals surface area contributed by atoms with Gasteiger partial charge < -0.3 is 19.9 Å². The van der Waals surface area contributed by atoms with E-state index in [1.807, 2.05) is 92.7 Å². The summed E-state index contributed by atoms with van der Waals surface area (Å²) in [5.74, 6) is 0.427. The lowest BCUT2D eigenvalue weighted by atomic mass is 9.98. The lowest BCUT2D eigenvalue weighted by Crippen LogP contribution is -2.30. The SMILES string of the molecule is CC(C)Oc1ccc(Br)cc1C(=O)NC(CC(=O)O)c1ccc(-c2ccccc2Oc2ccccc2)cc1. The third kappa shape index (κ3) is 7.01. The minimum atomic E-state index is -1.02.